The molecule has 54 valence electrons. The topological polar surface area (TPSA) is 20.3 Å². The van der Waals surface area contributed by atoms with E-state index in [4.69, 9.17) is 0 Å². The molecule has 2 saturated heterocycles. The first-order valence-corrected chi connectivity index (χ1v) is 4.44. The van der Waals surface area contributed by atoms with Crippen molar-refractivity contribution in [1.82, 2.24) is 4.90 Å². The molecule has 0 spiro atoms. The number of thioether (sulfide) groups is 1. The van der Waals surface area contributed by atoms with Crippen LogP contribution in [0.15, 0.2) is 12.7 Å². The number of carbonyl (C=O) groups excluding carboxylic acids is 1. The van der Waals surface area contributed by atoms with Crippen molar-refractivity contribution in [1.29, 1.82) is 0 Å². The van der Waals surface area contributed by atoms with Crippen LogP contribution >= 0.6 is 11.8 Å². The average Bonchev–Trinajstić information content (AvgIpc) is 2.33. The summed E-state index contributed by atoms with van der Waals surface area (Å²) in [5, 5.41) is 0.435. The summed E-state index contributed by atoms with van der Waals surface area (Å²) in [7, 11) is 0. The third kappa shape index (κ3) is 0.586. The minimum absolute atomic E-state index is 0.118. The van der Waals surface area contributed by atoms with Gasteiger partial charge in [-0.15, -0.1) is 18.3 Å². The van der Waals surface area contributed by atoms with E-state index >= 15 is 0 Å². The molecular formula is C7H9NOS. The first-order valence-electron chi connectivity index (χ1n) is 3.39. The molecule has 2 fully saturated rings. The molecule has 2 atom stereocenters. The van der Waals surface area contributed by atoms with E-state index < -0.39 is 0 Å². The van der Waals surface area contributed by atoms with Crippen LogP contribution in [0.1, 0.15) is 0 Å². The molecule has 10 heavy (non-hydrogen) atoms. The van der Waals surface area contributed by atoms with Crippen LogP contribution in [0.25, 0.3) is 0 Å². The van der Waals surface area contributed by atoms with Gasteiger partial charge in [-0.2, -0.15) is 0 Å². The zero-order valence-corrected chi connectivity index (χ0v) is 6.43. The van der Waals surface area contributed by atoms with Crippen LogP contribution in [0.5, 0.6) is 0 Å². The Kier molecular flexibility index (Phi) is 1.27. The zero-order valence-electron chi connectivity index (χ0n) is 5.62. The molecule has 0 aliphatic carbocycles. The summed E-state index contributed by atoms with van der Waals surface area (Å²) < 4.78 is 0. The van der Waals surface area contributed by atoms with Crippen LogP contribution in [0.3, 0.4) is 0 Å². The maximum absolute atomic E-state index is 11.1. The summed E-state index contributed by atoms with van der Waals surface area (Å²) >= 11 is 1.86. The van der Waals surface area contributed by atoms with Gasteiger partial charge in [0.25, 0.3) is 0 Å². The van der Waals surface area contributed by atoms with Gasteiger partial charge in [0.15, 0.2) is 0 Å². The summed E-state index contributed by atoms with van der Waals surface area (Å²) in [6.45, 7) is 4.58. The number of amides is 1. The maximum Gasteiger partial charge on any atom is 0.233 e. The van der Waals surface area contributed by atoms with Crippen LogP contribution in [-0.2, 0) is 4.79 Å². The smallest absolute Gasteiger partial charge is 0.233 e. The Hall–Kier alpha value is -0.440. The molecular weight excluding hydrogens is 146 g/mol. The van der Waals surface area contributed by atoms with Crippen molar-refractivity contribution in [3.05, 3.63) is 12.7 Å². The Bertz CT molecular complexity index is 192. The predicted octanol–water partition coefficient (Wildman–Crippen LogP) is 0.704. The van der Waals surface area contributed by atoms with Gasteiger partial charge in [-0.1, -0.05) is 6.08 Å². The second-order valence-corrected chi connectivity index (χ2v) is 3.78. The van der Waals surface area contributed by atoms with Crippen LogP contribution < -0.4 is 0 Å². The molecule has 0 N–H and O–H groups in total. The molecule has 0 aromatic carbocycles. The number of nitrogens with zero attached hydrogens (tertiary/aromatic N) is 1. The van der Waals surface area contributed by atoms with Crippen molar-refractivity contribution in [3.63, 3.8) is 0 Å². The van der Waals surface area contributed by atoms with Crippen LogP contribution in [0, 0.1) is 5.92 Å². The molecule has 3 heteroatoms. The summed E-state index contributed by atoms with van der Waals surface area (Å²) in [6.07, 6.45) is 1.77. The monoisotopic (exact) mass is 155 g/mol. The minimum Gasteiger partial charge on any atom is -0.328 e. The van der Waals surface area contributed by atoms with Gasteiger partial charge in [-0.3, -0.25) is 4.79 Å². The van der Waals surface area contributed by atoms with E-state index in [2.05, 4.69) is 6.58 Å². The van der Waals surface area contributed by atoms with Crippen molar-refractivity contribution in [3.8, 4) is 0 Å². The highest BCUT2D eigenvalue weighted by molar-refractivity contribution is 8.00. The fourth-order valence-electron chi connectivity index (χ4n) is 1.47. The highest BCUT2D eigenvalue weighted by atomic mass is 32.2. The highest BCUT2D eigenvalue weighted by Gasteiger charge is 2.48. The van der Waals surface area contributed by atoms with Crippen molar-refractivity contribution in [2.75, 3.05) is 12.3 Å². The second-order valence-electron chi connectivity index (χ2n) is 2.55. The van der Waals surface area contributed by atoms with Gasteiger partial charge in [0, 0.05) is 12.3 Å². The standard InChI is InChI=1S/C7H9NOS/c1-2-5-6(9)8-3-4-10-7(5)8/h2,5,7H,1,3-4H2/t5?,7-/m0/s1. The van der Waals surface area contributed by atoms with Crippen molar-refractivity contribution < 1.29 is 4.79 Å². The average molecular weight is 155 g/mol. The van der Waals surface area contributed by atoms with E-state index in [0.29, 0.717) is 5.37 Å². The van der Waals surface area contributed by atoms with E-state index in [0.717, 1.165) is 12.3 Å². The molecule has 2 rings (SSSR count). The molecule has 0 radical (unpaired) electrons. The molecule has 2 aliphatic heterocycles. The SMILES string of the molecule is C=CC1C(=O)N2CCS[C@@H]12. The second kappa shape index (κ2) is 2.02. The molecule has 1 unspecified atom stereocenters. The van der Waals surface area contributed by atoms with Crippen molar-refractivity contribution in [2.24, 2.45) is 5.92 Å². The molecule has 0 saturated carbocycles. The fraction of sp³-hybridized carbons (Fsp3) is 0.571. The van der Waals surface area contributed by atoms with Crippen LogP contribution in [0.4, 0.5) is 0 Å². The Balaban J connectivity index is 2.14. The van der Waals surface area contributed by atoms with E-state index in [1.54, 1.807) is 6.08 Å². The third-order valence-electron chi connectivity index (χ3n) is 2.06. The fourth-order valence-corrected chi connectivity index (χ4v) is 2.84. The van der Waals surface area contributed by atoms with Gasteiger partial charge >= 0.3 is 0 Å². The Morgan fingerprint density at radius 1 is 1.80 bits per heavy atom. The normalized spacial score (nSPS) is 37.2. The van der Waals surface area contributed by atoms with Gasteiger partial charge in [0.1, 0.15) is 0 Å². The summed E-state index contributed by atoms with van der Waals surface area (Å²) in [6, 6.07) is 0. The van der Waals surface area contributed by atoms with E-state index in [-0.39, 0.29) is 11.8 Å². The van der Waals surface area contributed by atoms with Gasteiger partial charge < -0.3 is 4.90 Å². The lowest BCUT2D eigenvalue weighted by atomic mass is 9.99. The third-order valence-corrected chi connectivity index (χ3v) is 3.36. The van der Waals surface area contributed by atoms with Crippen molar-refractivity contribution in [2.45, 2.75) is 5.37 Å². The molecule has 2 nitrogen and oxygen atoms in total. The zero-order chi connectivity index (χ0) is 7.14. The lowest BCUT2D eigenvalue weighted by Gasteiger charge is -2.39. The summed E-state index contributed by atoms with van der Waals surface area (Å²) in [5.74, 6) is 1.48. The van der Waals surface area contributed by atoms with Gasteiger partial charge in [-0.05, 0) is 0 Å². The number of rotatable bonds is 1. The van der Waals surface area contributed by atoms with Crippen LogP contribution in [-0.4, -0.2) is 28.5 Å². The van der Waals surface area contributed by atoms with E-state index in [1.165, 1.54) is 0 Å². The quantitative estimate of drug-likeness (QED) is 0.410. The molecule has 1 amide bonds. The van der Waals surface area contributed by atoms with Crippen molar-refractivity contribution >= 4 is 17.7 Å². The summed E-state index contributed by atoms with van der Waals surface area (Å²) in [4.78, 5) is 13.0. The number of fused-ring (bicyclic) bond motifs is 1. The van der Waals surface area contributed by atoms with Gasteiger partial charge in [-0.25, -0.2) is 0 Å². The van der Waals surface area contributed by atoms with Gasteiger partial charge in [0.2, 0.25) is 5.91 Å². The first kappa shape index (κ1) is 6.28. The number of β-lactam (4-membered cyclic amide) rings is 1. The predicted molar refractivity (Wildman–Crippen MR) is 41.6 cm³/mol. The molecule has 0 aromatic rings. The lowest BCUT2D eigenvalue weighted by molar-refractivity contribution is -0.145. The Morgan fingerprint density at radius 3 is 3.30 bits per heavy atom. The first-order chi connectivity index (χ1) is 4.84. The number of hydrogen-bond acceptors (Lipinski definition) is 2. The van der Waals surface area contributed by atoms with Gasteiger partial charge in [0.05, 0.1) is 11.3 Å². The Morgan fingerprint density at radius 2 is 2.60 bits per heavy atom. The maximum atomic E-state index is 11.1. The lowest BCUT2D eigenvalue weighted by Crippen LogP contribution is -2.55. The van der Waals surface area contributed by atoms with E-state index in [1.807, 2.05) is 16.7 Å². The van der Waals surface area contributed by atoms with Crippen LogP contribution in [0.2, 0.25) is 0 Å². The highest BCUT2D eigenvalue weighted by Crippen LogP contribution is 2.40. The molecule has 2 heterocycles. The minimum atomic E-state index is 0.118. The Labute approximate surface area is 64.3 Å². The molecule has 0 aromatic heterocycles. The summed E-state index contributed by atoms with van der Waals surface area (Å²) in [5.41, 5.74) is 0. The van der Waals surface area contributed by atoms with E-state index in [9.17, 15) is 4.79 Å². The largest absolute Gasteiger partial charge is 0.328 e. The number of carbonyl (C=O) groups is 1. The molecule has 0 bridgehead atoms. The molecule has 2 aliphatic rings. The number of hydrogen-bond donors (Lipinski definition) is 0.